The Morgan fingerprint density at radius 2 is 2.08 bits per heavy atom. The van der Waals surface area contributed by atoms with Gasteiger partial charge in [0.15, 0.2) is 0 Å². The maximum Gasteiger partial charge on any atom is 0.223 e. The van der Waals surface area contributed by atoms with Crippen molar-refractivity contribution in [2.45, 2.75) is 71.9 Å². The Labute approximate surface area is 159 Å². The molecule has 25 heavy (non-hydrogen) atoms. The van der Waals surface area contributed by atoms with Crippen LogP contribution >= 0.6 is 12.4 Å². The molecule has 0 radical (unpaired) electrons. The first-order valence-corrected chi connectivity index (χ1v) is 9.36. The van der Waals surface area contributed by atoms with Gasteiger partial charge in [-0.05, 0) is 62.7 Å². The number of aromatic nitrogens is 1. The van der Waals surface area contributed by atoms with Gasteiger partial charge < -0.3 is 10.2 Å². The summed E-state index contributed by atoms with van der Waals surface area (Å²) in [5, 5.41) is 3.44. The number of carbonyl (C=O) groups excluding carboxylic acids is 1. The van der Waals surface area contributed by atoms with Crippen LogP contribution in [0.5, 0.6) is 0 Å². The van der Waals surface area contributed by atoms with E-state index >= 15 is 0 Å². The number of rotatable bonds is 6. The van der Waals surface area contributed by atoms with Crippen LogP contribution in [-0.4, -0.2) is 34.9 Å². The molecule has 1 aromatic rings. The number of nitrogens with one attached hydrogen (secondary N) is 1. The van der Waals surface area contributed by atoms with Gasteiger partial charge in [0.2, 0.25) is 5.91 Å². The van der Waals surface area contributed by atoms with Gasteiger partial charge in [0.05, 0.1) is 12.2 Å². The van der Waals surface area contributed by atoms with Gasteiger partial charge in [-0.15, -0.1) is 12.4 Å². The molecule has 1 fully saturated rings. The number of nitrogens with zero attached hydrogens (tertiary/aromatic N) is 2. The van der Waals surface area contributed by atoms with Crippen LogP contribution in [-0.2, 0) is 11.3 Å². The van der Waals surface area contributed by atoms with E-state index in [1.54, 1.807) is 0 Å². The smallest absolute Gasteiger partial charge is 0.223 e. The minimum atomic E-state index is 0. The normalized spacial score (nSPS) is 18.1. The molecule has 1 aromatic heterocycles. The third-order valence-electron chi connectivity index (χ3n) is 4.68. The highest BCUT2D eigenvalue weighted by Crippen LogP contribution is 2.23. The van der Waals surface area contributed by atoms with E-state index in [-0.39, 0.29) is 18.3 Å². The van der Waals surface area contributed by atoms with Gasteiger partial charge in [0.1, 0.15) is 0 Å². The van der Waals surface area contributed by atoms with Gasteiger partial charge >= 0.3 is 0 Å². The molecule has 1 atom stereocenters. The Hall–Kier alpha value is -1.13. The van der Waals surface area contributed by atoms with Gasteiger partial charge in [-0.1, -0.05) is 26.8 Å². The summed E-state index contributed by atoms with van der Waals surface area (Å²) in [6.07, 6.45) is 7.77. The quantitative estimate of drug-likeness (QED) is 0.819. The molecule has 2 rings (SSSR count). The van der Waals surface area contributed by atoms with Crippen LogP contribution in [0, 0.1) is 5.41 Å². The monoisotopic (exact) mass is 367 g/mol. The molecule has 0 saturated carbocycles. The molecular formula is C20H34ClN3O. The first-order chi connectivity index (χ1) is 11.5. The molecule has 5 heteroatoms. The number of carbonyl (C=O) groups is 1. The number of pyridine rings is 1. The van der Waals surface area contributed by atoms with Crippen LogP contribution in [0.2, 0.25) is 0 Å². The largest absolute Gasteiger partial charge is 0.334 e. The SMILES string of the molecule is CC(C)(C)CCCC(=O)N(Cc1ccccn1)C1CCCNCC1.Cl. The van der Waals surface area contributed by atoms with Gasteiger partial charge in [-0.2, -0.15) is 0 Å². The molecule has 1 aliphatic rings. The lowest BCUT2D eigenvalue weighted by Crippen LogP contribution is -2.40. The first kappa shape index (κ1) is 21.9. The average Bonchev–Trinajstić information content (AvgIpc) is 2.81. The fraction of sp³-hybridized carbons (Fsp3) is 0.700. The van der Waals surface area contributed by atoms with Crippen molar-refractivity contribution in [2.24, 2.45) is 5.41 Å². The molecular weight excluding hydrogens is 334 g/mol. The van der Waals surface area contributed by atoms with Gasteiger partial charge in [-0.3, -0.25) is 9.78 Å². The van der Waals surface area contributed by atoms with Crippen molar-refractivity contribution in [1.82, 2.24) is 15.2 Å². The highest BCUT2D eigenvalue weighted by Gasteiger charge is 2.25. The number of hydrogen-bond donors (Lipinski definition) is 1. The second kappa shape index (κ2) is 10.8. The molecule has 0 bridgehead atoms. The van der Waals surface area contributed by atoms with Crippen molar-refractivity contribution in [2.75, 3.05) is 13.1 Å². The van der Waals surface area contributed by atoms with Crippen molar-refractivity contribution in [3.63, 3.8) is 0 Å². The Balaban J connectivity index is 0.00000312. The van der Waals surface area contributed by atoms with Gasteiger partial charge in [-0.25, -0.2) is 0 Å². The summed E-state index contributed by atoms with van der Waals surface area (Å²) in [5.74, 6) is 0.289. The van der Waals surface area contributed by atoms with Crippen LogP contribution in [0.25, 0.3) is 0 Å². The molecule has 4 nitrogen and oxygen atoms in total. The summed E-state index contributed by atoms with van der Waals surface area (Å²) in [7, 11) is 0. The molecule has 1 saturated heterocycles. The number of amides is 1. The lowest BCUT2D eigenvalue weighted by molar-refractivity contribution is -0.134. The zero-order chi connectivity index (χ0) is 17.4. The van der Waals surface area contributed by atoms with Crippen molar-refractivity contribution < 1.29 is 4.79 Å². The molecule has 1 unspecified atom stereocenters. The Morgan fingerprint density at radius 1 is 1.28 bits per heavy atom. The van der Waals surface area contributed by atoms with E-state index in [0.29, 0.717) is 24.4 Å². The van der Waals surface area contributed by atoms with Crippen LogP contribution < -0.4 is 5.32 Å². The van der Waals surface area contributed by atoms with E-state index in [0.717, 1.165) is 50.9 Å². The van der Waals surface area contributed by atoms with Crippen LogP contribution in [0.3, 0.4) is 0 Å². The van der Waals surface area contributed by atoms with E-state index in [2.05, 4.69) is 36.0 Å². The molecule has 1 aliphatic heterocycles. The zero-order valence-corrected chi connectivity index (χ0v) is 16.8. The Morgan fingerprint density at radius 3 is 2.76 bits per heavy atom. The highest BCUT2D eigenvalue weighted by atomic mass is 35.5. The molecule has 1 N–H and O–H groups in total. The molecule has 142 valence electrons. The van der Waals surface area contributed by atoms with Crippen molar-refractivity contribution in [3.05, 3.63) is 30.1 Å². The van der Waals surface area contributed by atoms with E-state index in [1.807, 2.05) is 24.4 Å². The summed E-state index contributed by atoms with van der Waals surface area (Å²) >= 11 is 0. The number of halogens is 1. The van der Waals surface area contributed by atoms with Crippen molar-refractivity contribution in [3.8, 4) is 0 Å². The maximum absolute atomic E-state index is 12.9. The summed E-state index contributed by atoms with van der Waals surface area (Å²) in [5.41, 5.74) is 1.28. The first-order valence-electron chi connectivity index (χ1n) is 9.36. The third-order valence-corrected chi connectivity index (χ3v) is 4.68. The molecule has 0 aliphatic carbocycles. The molecule has 0 aromatic carbocycles. The van der Waals surface area contributed by atoms with Crippen LogP contribution in [0.4, 0.5) is 0 Å². The standard InChI is InChI=1S/C20H33N3O.ClH/c1-20(2,3)12-6-10-19(24)23(16-17-8-4-5-14-22-17)18-9-7-13-21-15-11-18;/h4-5,8,14,18,21H,6-7,9-13,15-16H2,1-3H3;1H. The minimum absolute atomic E-state index is 0. The van der Waals surface area contributed by atoms with Crippen molar-refractivity contribution in [1.29, 1.82) is 0 Å². The van der Waals surface area contributed by atoms with E-state index in [1.165, 1.54) is 0 Å². The fourth-order valence-electron chi connectivity index (χ4n) is 3.31. The molecule has 1 amide bonds. The lowest BCUT2D eigenvalue weighted by Gasteiger charge is -2.31. The predicted molar refractivity (Wildman–Crippen MR) is 106 cm³/mol. The Kier molecular flexibility index (Phi) is 9.44. The molecule has 0 spiro atoms. The topological polar surface area (TPSA) is 45.2 Å². The van der Waals surface area contributed by atoms with Crippen LogP contribution in [0.15, 0.2) is 24.4 Å². The average molecular weight is 368 g/mol. The van der Waals surface area contributed by atoms with E-state index in [9.17, 15) is 4.79 Å². The van der Waals surface area contributed by atoms with E-state index in [4.69, 9.17) is 0 Å². The second-order valence-corrected chi connectivity index (χ2v) is 8.09. The fourth-order valence-corrected chi connectivity index (χ4v) is 3.31. The predicted octanol–water partition coefficient (Wildman–Crippen LogP) is 4.19. The summed E-state index contributed by atoms with van der Waals surface area (Å²) in [6, 6.07) is 6.28. The van der Waals surface area contributed by atoms with E-state index < -0.39 is 0 Å². The summed E-state index contributed by atoms with van der Waals surface area (Å²) in [4.78, 5) is 19.4. The maximum atomic E-state index is 12.9. The summed E-state index contributed by atoms with van der Waals surface area (Å²) in [6.45, 7) is 9.41. The minimum Gasteiger partial charge on any atom is -0.334 e. The molecule has 2 heterocycles. The summed E-state index contributed by atoms with van der Waals surface area (Å²) < 4.78 is 0. The third kappa shape index (κ3) is 8.19. The van der Waals surface area contributed by atoms with Crippen molar-refractivity contribution >= 4 is 18.3 Å². The highest BCUT2D eigenvalue weighted by molar-refractivity contribution is 5.85. The zero-order valence-electron chi connectivity index (χ0n) is 16.0. The van der Waals surface area contributed by atoms with Gasteiger partial charge in [0.25, 0.3) is 0 Å². The lowest BCUT2D eigenvalue weighted by atomic mass is 9.89. The second-order valence-electron chi connectivity index (χ2n) is 8.09. The Bertz CT molecular complexity index is 493. The van der Waals surface area contributed by atoms with Gasteiger partial charge in [0, 0.05) is 18.7 Å². The van der Waals surface area contributed by atoms with Crippen LogP contribution in [0.1, 0.15) is 65.0 Å². The number of hydrogen-bond acceptors (Lipinski definition) is 3.